The number of hydrogen-bond acceptors (Lipinski definition) is 6. The van der Waals surface area contributed by atoms with E-state index in [4.69, 9.17) is 23.9 Å². The van der Waals surface area contributed by atoms with Crippen LogP contribution in [0, 0.1) is 5.92 Å². The number of pyridine rings is 1. The van der Waals surface area contributed by atoms with Crippen LogP contribution in [0.3, 0.4) is 0 Å². The summed E-state index contributed by atoms with van der Waals surface area (Å²) in [5, 5.41) is 6.78. The minimum atomic E-state index is 0. The fourth-order valence-corrected chi connectivity index (χ4v) is 3.33. The van der Waals surface area contributed by atoms with Gasteiger partial charge >= 0.3 is 0 Å². The van der Waals surface area contributed by atoms with Crippen molar-refractivity contribution in [2.24, 2.45) is 10.9 Å². The standard InChI is InChI=1S/C24H32N4O4.HI/c1-29-23-19(5-2-10-25-23)16-27-24(26-11-3-12-30-17-18-6-7-18)28-20-8-9-21-22(15-20)32-14-4-13-31-21;/h2,5,8-10,15,18H,3-4,6-7,11-14,16-17H2,1H3,(H2,26,27,28);1H. The van der Waals surface area contributed by atoms with E-state index in [9.17, 15) is 0 Å². The van der Waals surface area contributed by atoms with Gasteiger partial charge < -0.3 is 29.6 Å². The van der Waals surface area contributed by atoms with Crippen molar-refractivity contribution in [1.29, 1.82) is 0 Å². The molecule has 2 heterocycles. The van der Waals surface area contributed by atoms with E-state index in [1.165, 1.54) is 12.8 Å². The lowest BCUT2D eigenvalue weighted by Crippen LogP contribution is -2.32. The summed E-state index contributed by atoms with van der Waals surface area (Å²) in [5.74, 6) is 3.56. The van der Waals surface area contributed by atoms with Gasteiger partial charge in [-0.25, -0.2) is 9.98 Å². The number of rotatable bonds is 10. The molecule has 0 bridgehead atoms. The highest BCUT2D eigenvalue weighted by Crippen LogP contribution is 2.32. The Balaban J connectivity index is 0.00000306. The Morgan fingerprint density at radius 1 is 1.18 bits per heavy atom. The van der Waals surface area contributed by atoms with Crippen molar-refractivity contribution in [2.45, 2.75) is 32.2 Å². The van der Waals surface area contributed by atoms with E-state index < -0.39 is 0 Å². The Kier molecular flexibility index (Phi) is 10.3. The average Bonchev–Trinajstić information content (AvgIpc) is 3.66. The van der Waals surface area contributed by atoms with Crippen LogP contribution in [-0.2, 0) is 11.3 Å². The summed E-state index contributed by atoms with van der Waals surface area (Å²) in [7, 11) is 1.62. The number of anilines is 1. The lowest BCUT2D eigenvalue weighted by atomic mass is 10.2. The van der Waals surface area contributed by atoms with E-state index in [0.29, 0.717) is 31.6 Å². The molecule has 0 amide bonds. The minimum absolute atomic E-state index is 0. The summed E-state index contributed by atoms with van der Waals surface area (Å²) in [5.41, 5.74) is 1.80. The molecule has 0 spiro atoms. The minimum Gasteiger partial charge on any atom is -0.490 e. The van der Waals surface area contributed by atoms with Crippen LogP contribution >= 0.6 is 24.0 Å². The highest BCUT2D eigenvalue weighted by molar-refractivity contribution is 14.0. The zero-order valence-electron chi connectivity index (χ0n) is 19.0. The first kappa shape index (κ1) is 25.4. The van der Waals surface area contributed by atoms with Crippen molar-refractivity contribution in [2.75, 3.05) is 45.4 Å². The van der Waals surface area contributed by atoms with Gasteiger partial charge in [0.15, 0.2) is 17.5 Å². The highest BCUT2D eigenvalue weighted by Gasteiger charge is 2.20. The molecule has 0 radical (unpaired) electrons. The lowest BCUT2D eigenvalue weighted by molar-refractivity contribution is 0.123. The van der Waals surface area contributed by atoms with E-state index in [2.05, 4.69) is 15.6 Å². The number of nitrogens with one attached hydrogen (secondary N) is 2. The predicted octanol–water partition coefficient (Wildman–Crippen LogP) is 4.24. The summed E-state index contributed by atoms with van der Waals surface area (Å²) in [4.78, 5) is 9.00. The zero-order chi connectivity index (χ0) is 22.0. The maximum absolute atomic E-state index is 5.81. The van der Waals surface area contributed by atoms with Gasteiger partial charge in [-0.3, -0.25) is 0 Å². The van der Waals surface area contributed by atoms with Crippen LogP contribution in [-0.4, -0.2) is 51.0 Å². The Hall–Kier alpha value is -2.27. The third kappa shape index (κ3) is 8.22. The second-order valence-corrected chi connectivity index (χ2v) is 7.97. The molecule has 2 N–H and O–H groups in total. The molecule has 9 heteroatoms. The number of hydrogen-bond donors (Lipinski definition) is 2. The molecule has 4 rings (SSSR count). The second kappa shape index (κ2) is 13.4. The Morgan fingerprint density at radius 2 is 2.03 bits per heavy atom. The molecule has 0 saturated heterocycles. The molecule has 2 aliphatic rings. The zero-order valence-corrected chi connectivity index (χ0v) is 21.4. The molecule has 0 atom stereocenters. The average molecular weight is 568 g/mol. The Labute approximate surface area is 212 Å². The number of aliphatic imine (C=N–C) groups is 1. The Bertz CT molecular complexity index is 908. The van der Waals surface area contributed by atoms with E-state index in [-0.39, 0.29) is 24.0 Å². The van der Waals surface area contributed by atoms with E-state index in [1.807, 2.05) is 30.3 Å². The van der Waals surface area contributed by atoms with Crippen LogP contribution in [0.25, 0.3) is 0 Å². The molecule has 33 heavy (non-hydrogen) atoms. The molecule has 1 aliphatic carbocycles. The van der Waals surface area contributed by atoms with Gasteiger partial charge in [0.2, 0.25) is 5.88 Å². The topological polar surface area (TPSA) is 86.2 Å². The molecule has 1 fully saturated rings. The second-order valence-electron chi connectivity index (χ2n) is 7.97. The highest BCUT2D eigenvalue weighted by atomic mass is 127. The van der Waals surface area contributed by atoms with Gasteiger partial charge in [-0.05, 0) is 43.4 Å². The van der Waals surface area contributed by atoms with E-state index >= 15 is 0 Å². The normalized spacial score (nSPS) is 15.2. The molecule has 1 aliphatic heterocycles. The summed E-state index contributed by atoms with van der Waals surface area (Å²) < 4.78 is 22.6. The first-order valence-electron chi connectivity index (χ1n) is 11.3. The number of methoxy groups -OCH3 is 1. The molecule has 180 valence electrons. The Morgan fingerprint density at radius 3 is 2.85 bits per heavy atom. The molecular formula is C24H33IN4O4. The monoisotopic (exact) mass is 568 g/mol. The quantitative estimate of drug-likeness (QED) is 0.192. The smallest absolute Gasteiger partial charge is 0.218 e. The van der Waals surface area contributed by atoms with Crippen molar-refractivity contribution in [3.63, 3.8) is 0 Å². The van der Waals surface area contributed by atoms with Gasteiger partial charge in [-0.2, -0.15) is 0 Å². The molecule has 1 aromatic heterocycles. The first-order chi connectivity index (χ1) is 15.8. The number of fused-ring (bicyclic) bond motifs is 1. The van der Waals surface area contributed by atoms with Crippen molar-refractivity contribution < 1.29 is 18.9 Å². The maximum Gasteiger partial charge on any atom is 0.218 e. The number of halogens is 1. The SMILES string of the molecule is COc1ncccc1CN=C(NCCCOCC1CC1)Nc1ccc2c(c1)OCCCO2.I. The largest absolute Gasteiger partial charge is 0.490 e. The van der Waals surface area contributed by atoms with Crippen molar-refractivity contribution in [3.05, 3.63) is 42.1 Å². The van der Waals surface area contributed by atoms with Crippen molar-refractivity contribution in [1.82, 2.24) is 10.3 Å². The van der Waals surface area contributed by atoms with Crippen LogP contribution in [0.1, 0.15) is 31.2 Å². The van der Waals surface area contributed by atoms with Crippen molar-refractivity contribution >= 4 is 35.6 Å². The number of benzene rings is 1. The third-order valence-corrected chi connectivity index (χ3v) is 5.27. The van der Waals surface area contributed by atoms with Crippen LogP contribution in [0.4, 0.5) is 5.69 Å². The van der Waals surface area contributed by atoms with Crippen molar-refractivity contribution in [3.8, 4) is 17.4 Å². The molecule has 8 nitrogen and oxygen atoms in total. The van der Waals surface area contributed by atoms with Gasteiger partial charge in [0.25, 0.3) is 0 Å². The van der Waals surface area contributed by atoms with Gasteiger partial charge in [0.1, 0.15) is 0 Å². The molecule has 1 aromatic carbocycles. The van der Waals surface area contributed by atoms with Crippen LogP contribution in [0.2, 0.25) is 0 Å². The van der Waals surface area contributed by atoms with E-state index in [0.717, 1.165) is 61.3 Å². The third-order valence-electron chi connectivity index (χ3n) is 5.27. The van der Waals surface area contributed by atoms with Gasteiger partial charge in [0.05, 0.1) is 26.9 Å². The number of ether oxygens (including phenoxy) is 4. The maximum atomic E-state index is 5.81. The number of nitrogens with zero attached hydrogens (tertiary/aromatic N) is 2. The fraction of sp³-hybridized carbons (Fsp3) is 0.500. The summed E-state index contributed by atoms with van der Waals surface area (Å²) in [6.07, 6.45) is 6.12. The first-order valence-corrected chi connectivity index (χ1v) is 11.3. The van der Waals surface area contributed by atoms with Crippen LogP contribution in [0.15, 0.2) is 41.5 Å². The molecule has 1 saturated carbocycles. The predicted molar refractivity (Wildman–Crippen MR) is 139 cm³/mol. The van der Waals surface area contributed by atoms with Crippen LogP contribution in [0.5, 0.6) is 17.4 Å². The summed E-state index contributed by atoms with van der Waals surface area (Å²) in [6.45, 7) is 4.15. The molecule has 2 aromatic rings. The number of aromatic nitrogens is 1. The van der Waals surface area contributed by atoms with Gasteiger partial charge in [-0.1, -0.05) is 6.07 Å². The molecule has 0 unspecified atom stereocenters. The summed E-state index contributed by atoms with van der Waals surface area (Å²) >= 11 is 0. The number of guanidine groups is 1. The van der Waals surface area contributed by atoms with Gasteiger partial charge in [-0.15, -0.1) is 24.0 Å². The fourth-order valence-electron chi connectivity index (χ4n) is 3.33. The summed E-state index contributed by atoms with van der Waals surface area (Å²) in [6, 6.07) is 9.69. The molecular weight excluding hydrogens is 535 g/mol. The lowest BCUT2D eigenvalue weighted by Gasteiger charge is -2.15. The van der Waals surface area contributed by atoms with Gasteiger partial charge in [0, 0.05) is 49.7 Å². The van der Waals surface area contributed by atoms with E-state index in [1.54, 1.807) is 13.3 Å². The van der Waals surface area contributed by atoms with Crippen LogP contribution < -0.4 is 24.8 Å².